The molecule has 1 aromatic heterocycles. The van der Waals surface area contributed by atoms with Gasteiger partial charge < -0.3 is 5.11 Å². The van der Waals surface area contributed by atoms with Gasteiger partial charge in [0.15, 0.2) is 0 Å². The van der Waals surface area contributed by atoms with Crippen LogP contribution in [-0.2, 0) is 13.0 Å². The van der Waals surface area contributed by atoms with Crippen molar-refractivity contribution in [3.8, 4) is 5.69 Å². The van der Waals surface area contributed by atoms with E-state index in [0.29, 0.717) is 15.7 Å². The quantitative estimate of drug-likeness (QED) is 0.936. The van der Waals surface area contributed by atoms with Crippen molar-refractivity contribution in [2.75, 3.05) is 0 Å². The molecular weight excluding hydrogens is 271 g/mol. The molecule has 0 aliphatic rings. The van der Waals surface area contributed by atoms with Gasteiger partial charge in [-0.15, -0.1) is 0 Å². The smallest absolute Gasteiger partial charge is 0.102 e. The topological polar surface area (TPSA) is 38.0 Å². The molecule has 2 rings (SSSR count). The fraction of sp³-hybridized carbons (Fsp3) is 0.308. The van der Waals surface area contributed by atoms with Crippen LogP contribution in [0.1, 0.15) is 23.9 Å². The Morgan fingerprint density at radius 1 is 1.28 bits per heavy atom. The van der Waals surface area contributed by atoms with Crippen LogP contribution in [0, 0.1) is 6.92 Å². The lowest BCUT2D eigenvalue weighted by Gasteiger charge is -2.10. The highest BCUT2D eigenvalue weighted by Gasteiger charge is 2.17. The summed E-state index contributed by atoms with van der Waals surface area (Å²) in [5.41, 5.74) is 3.28. The molecule has 0 aliphatic carbocycles. The molecule has 0 spiro atoms. The molecule has 2 aromatic rings. The van der Waals surface area contributed by atoms with Crippen LogP contribution in [0.15, 0.2) is 18.2 Å². The van der Waals surface area contributed by atoms with E-state index in [-0.39, 0.29) is 6.61 Å². The van der Waals surface area contributed by atoms with E-state index in [1.165, 1.54) is 0 Å². The maximum Gasteiger partial charge on any atom is 0.102 e. The minimum Gasteiger partial charge on any atom is -0.390 e. The van der Waals surface area contributed by atoms with E-state index in [9.17, 15) is 5.11 Å². The van der Waals surface area contributed by atoms with Crippen LogP contribution in [0.4, 0.5) is 0 Å². The van der Waals surface area contributed by atoms with Gasteiger partial charge in [0, 0.05) is 0 Å². The van der Waals surface area contributed by atoms with Crippen LogP contribution < -0.4 is 0 Å². The Balaban J connectivity index is 2.72. The number of hydrogen-bond acceptors (Lipinski definition) is 2. The highest BCUT2D eigenvalue weighted by atomic mass is 35.5. The summed E-state index contributed by atoms with van der Waals surface area (Å²) in [4.78, 5) is 0. The fourth-order valence-electron chi connectivity index (χ4n) is 2.11. The first kappa shape index (κ1) is 13.4. The predicted octanol–water partition coefficient (Wildman–Crippen LogP) is 3.54. The summed E-state index contributed by atoms with van der Waals surface area (Å²) < 4.78 is 1.64. The SMILES string of the molecule is CCc1c(C)nn(-c2c(Cl)cccc2Cl)c1CO. The molecule has 96 valence electrons. The number of hydrogen-bond donors (Lipinski definition) is 1. The Labute approximate surface area is 116 Å². The molecule has 0 amide bonds. The summed E-state index contributed by atoms with van der Waals surface area (Å²) in [6, 6.07) is 5.29. The summed E-state index contributed by atoms with van der Waals surface area (Å²) in [7, 11) is 0. The zero-order valence-electron chi connectivity index (χ0n) is 10.2. The summed E-state index contributed by atoms with van der Waals surface area (Å²) in [5.74, 6) is 0. The van der Waals surface area contributed by atoms with Crippen LogP contribution in [0.3, 0.4) is 0 Å². The number of aliphatic hydroxyl groups excluding tert-OH is 1. The maximum atomic E-state index is 9.54. The number of halogens is 2. The van der Waals surface area contributed by atoms with Crippen molar-refractivity contribution in [3.63, 3.8) is 0 Å². The van der Waals surface area contributed by atoms with E-state index in [1.54, 1.807) is 22.9 Å². The molecule has 5 heteroatoms. The predicted molar refractivity (Wildman–Crippen MR) is 73.6 cm³/mol. The molecule has 0 aliphatic heterocycles. The summed E-state index contributed by atoms with van der Waals surface area (Å²) in [5, 5.41) is 15.0. The van der Waals surface area contributed by atoms with Gasteiger partial charge in [0.2, 0.25) is 0 Å². The van der Waals surface area contributed by atoms with Gasteiger partial charge in [0.25, 0.3) is 0 Å². The third kappa shape index (κ3) is 2.14. The van der Waals surface area contributed by atoms with Gasteiger partial charge >= 0.3 is 0 Å². The number of nitrogens with zero attached hydrogens (tertiary/aromatic N) is 2. The van der Waals surface area contributed by atoms with Crippen LogP contribution in [-0.4, -0.2) is 14.9 Å². The molecular formula is C13H14Cl2N2O. The standard InChI is InChI=1S/C13H14Cl2N2O/c1-3-9-8(2)16-17(12(9)7-18)13-10(14)5-4-6-11(13)15/h4-6,18H,3,7H2,1-2H3. The van der Waals surface area contributed by atoms with Crippen molar-refractivity contribution < 1.29 is 5.11 Å². The Morgan fingerprint density at radius 3 is 2.39 bits per heavy atom. The Morgan fingerprint density at radius 2 is 1.89 bits per heavy atom. The van der Waals surface area contributed by atoms with Crippen molar-refractivity contribution >= 4 is 23.2 Å². The van der Waals surface area contributed by atoms with E-state index in [0.717, 1.165) is 23.4 Å². The van der Waals surface area contributed by atoms with E-state index < -0.39 is 0 Å². The second-order valence-electron chi connectivity index (χ2n) is 4.00. The summed E-state index contributed by atoms with van der Waals surface area (Å²) in [6.45, 7) is 3.85. The Kier molecular flexibility index (Phi) is 3.95. The molecule has 1 aromatic carbocycles. The van der Waals surface area contributed by atoms with Crippen molar-refractivity contribution in [1.29, 1.82) is 0 Å². The van der Waals surface area contributed by atoms with Crippen molar-refractivity contribution in [1.82, 2.24) is 9.78 Å². The second kappa shape index (κ2) is 5.31. The molecule has 0 unspecified atom stereocenters. The van der Waals surface area contributed by atoms with E-state index >= 15 is 0 Å². The molecule has 0 bridgehead atoms. The lowest BCUT2D eigenvalue weighted by Crippen LogP contribution is -2.05. The molecule has 0 atom stereocenters. The zero-order valence-corrected chi connectivity index (χ0v) is 11.8. The van der Waals surface area contributed by atoms with Gasteiger partial charge in [0.1, 0.15) is 5.69 Å². The Hall–Kier alpha value is -1.03. The van der Waals surface area contributed by atoms with Crippen LogP contribution in [0.5, 0.6) is 0 Å². The number of benzene rings is 1. The van der Waals surface area contributed by atoms with Gasteiger partial charge in [-0.05, 0) is 31.0 Å². The average molecular weight is 285 g/mol. The van der Waals surface area contributed by atoms with Crippen molar-refractivity contribution in [3.05, 3.63) is 45.2 Å². The lowest BCUT2D eigenvalue weighted by atomic mass is 10.1. The molecule has 0 saturated carbocycles. The number of aliphatic hydroxyl groups is 1. The third-order valence-electron chi connectivity index (χ3n) is 2.94. The van der Waals surface area contributed by atoms with Gasteiger partial charge in [-0.2, -0.15) is 5.10 Å². The number of aromatic nitrogens is 2. The first-order chi connectivity index (χ1) is 8.60. The highest BCUT2D eigenvalue weighted by Crippen LogP contribution is 2.30. The highest BCUT2D eigenvalue weighted by molar-refractivity contribution is 6.37. The maximum absolute atomic E-state index is 9.54. The first-order valence-corrected chi connectivity index (χ1v) is 6.48. The number of para-hydroxylation sites is 1. The molecule has 0 radical (unpaired) electrons. The van der Waals surface area contributed by atoms with Gasteiger partial charge in [-0.3, -0.25) is 0 Å². The van der Waals surface area contributed by atoms with E-state index in [2.05, 4.69) is 5.10 Å². The molecule has 18 heavy (non-hydrogen) atoms. The number of aryl methyl sites for hydroxylation is 1. The van der Waals surface area contributed by atoms with Gasteiger partial charge in [-0.1, -0.05) is 36.2 Å². The van der Waals surface area contributed by atoms with Crippen LogP contribution >= 0.6 is 23.2 Å². The van der Waals surface area contributed by atoms with Gasteiger partial charge in [0.05, 0.1) is 28.0 Å². The van der Waals surface area contributed by atoms with Crippen molar-refractivity contribution in [2.24, 2.45) is 0 Å². The summed E-state index contributed by atoms with van der Waals surface area (Å²) in [6.07, 6.45) is 0.809. The average Bonchev–Trinajstić information content (AvgIpc) is 2.65. The minimum atomic E-state index is -0.0917. The van der Waals surface area contributed by atoms with E-state index in [1.807, 2.05) is 13.8 Å². The zero-order chi connectivity index (χ0) is 13.3. The lowest BCUT2D eigenvalue weighted by molar-refractivity contribution is 0.272. The Bertz CT molecular complexity index is 558. The molecule has 3 nitrogen and oxygen atoms in total. The molecule has 1 heterocycles. The van der Waals surface area contributed by atoms with Gasteiger partial charge in [-0.25, -0.2) is 4.68 Å². The molecule has 0 saturated heterocycles. The van der Waals surface area contributed by atoms with Crippen LogP contribution in [0.25, 0.3) is 5.69 Å². The van der Waals surface area contributed by atoms with Crippen LogP contribution in [0.2, 0.25) is 10.0 Å². The minimum absolute atomic E-state index is 0.0917. The monoisotopic (exact) mass is 284 g/mol. The molecule has 1 N–H and O–H groups in total. The fourth-order valence-corrected chi connectivity index (χ4v) is 2.66. The largest absolute Gasteiger partial charge is 0.390 e. The molecule has 0 fully saturated rings. The normalized spacial score (nSPS) is 10.9. The second-order valence-corrected chi connectivity index (χ2v) is 4.82. The first-order valence-electron chi connectivity index (χ1n) is 5.72. The number of rotatable bonds is 3. The summed E-state index contributed by atoms with van der Waals surface area (Å²) >= 11 is 12.3. The third-order valence-corrected chi connectivity index (χ3v) is 3.55. The van der Waals surface area contributed by atoms with E-state index in [4.69, 9.17) is 23.2 Å². The van der Waals surface area contributed by atoms with Crippen molar-refractivity contribution in [2.45, 2.75) is 26.9 Å².